The molecule has 0 spiro atoms. The highest BCUT2D eigenvalue weighted by Gasteiger charge is 2.00. The minimum atomic E-state index is -0.0249. The number of benzene rings is 1. The Kier molecular flexibility index (Phi) is 3.19. The molecule has 2 rings (SSSR count). The molecule has 0 saturated carbocycles. The summed E-state index contributed by atoms with van der Waals surface area (Å²) in [6.45, 7) is 2.06. The van der Waals surface area contributed by atoms with Crippen molar-refractivity contribution in [1.29, 1.82) is 0 Å². The van der Waals surface area contributed by atoms with E-state index in [1.54, 1.807) is 29.0 Å². The fraction of sp³-hybridized carbons (Fsp3) is 0.143. The minimum Gasteiger partial charge on any atom is -0.311 e. The van der Waals surface area contributed by atoms with Crippen molar-refractivity contribution in [2.24, 2.45) is 0 Å². The van der Waals surface area contributed by atoms with Crippen LogP contribution in [0.15, 0.2) is 53.5 Å². The van der Waals surface area contributed by atoms with Crippen LogP contribution < -0.4 is 5.56 Å². The van der Waals surface area contributed by atoms with Crippen molar-refractivity contribution in [2.45, 2.75) is 13.5 Å². The molecule has 0 atom stereocenters. The number of pyridine rings is 1. The zero-order valence-corrected chi connectivity index (χ0v) is 9.59. The molecule has 2 aromatic rings. The molecule has 86 valence electrons. The quantitative estimate of drug-likeness (QED) is 0.753. The number of aromatic nitrogens is 1. The standard InChI is InChI=1S/C14H13NO2/c1-11(16)13-7-5-12(6-8-13)10-15-9-3-2-4-14(15)17/h2-9H,10H2,1H3. The van der Waals surface area contributed by atoms with Crippen LogP contribution in [0.4, 0.5) is 0 Å². The molecule has 0 radical (unpaired) electrons. The summed E-state index contributed by atoms with van der Waals surface area (Å²) in [4.78, 5) is 22.6. The molecule has 0 bridgehead atoms. The second-order valence-corrected chi connectivity index (χ2v) is 3.92. The van der Waals surface area contributed by atoms with Gasteiger partial charge in [-0.1, -0.05) is 30.3 Å². The van der Waals surface area contributed by atoms with Crippen LogP contribution >= 0.6 is 0 Å². The summed E-state index contributed by atoms with van der Waals surface area (Å²) < 4.78 is 1.63. The van der Waals surface area contributed by atoms with Crippen molar-refractivity contribution < 1.29 is 4.79 Å². The van der Waals surface area contributed by atoms with E-state index in [1.165, 1.54) is 13.0 Å². The third-order valence-corrected chi connectivity index (χ3v) is 2.61. The number of Topliss-reactive ketones (excluding diaryl/α,β-unsaturated/α-hetero) is 1. The first-order valence-corrected chi connectivity index (χ1v) is 5.42. The van der Waals surface area contributed by atoms with Gasteiger partial charge in [-0.3, -0.25) is 9.59 Å². The van der Waals surface area contributed by atoms with Gasteiger partial charge in [0, 0.05) is 17.8 Å². The van der Waals surface area contributed by atoms with Gasteiger partial charge in [0.1, 0.15) is 0 Å². The lowest BCUT2D eigenvalue weighted by Crippen LogP contribution is -2.18. The summed E-state index contributed by atoms with van der Waals surface area (Å²) in [6.07, 6.45) is 1.75. The molecule has 0 aliphatic carbocycles. The largest absolute Gasteiger partial charge is 0.311 e. The second kappa shape index (κ2) is 4.78. The predicted octanol–water partition coefficient (Wildman–Crippen LogP) is 2.10. The highest BCUT2D eigenvalue weighted by Crippen LogP contribution is 2.06. The molecule has 3 heteroatoms. The first-order valence-electron chi connectivity index (χ1n) is 5.42. The lowest BCUT2D eigenvalue weighted by molar-refractivity contribution is 0.101. The lowest BCUT2D eigenvalue weighted by Gasteiger charge is -2.05. The minimum absolute atomic E-state index is 0.0249. The van der Waals surface area contributed by atoms with E-state index in [9.17, 15) is 9.59 Å². The van der Waals surface area contributed by atoms with Crippen molar-refractivity contribution >= 4 is 5.78 Å². The second-order valence-electron chi connectivity index (χ2n) is 3.92. The summed E-state index contributed by atoms with van der Waals surface area (Å²) in [5.41, 5.74) is 1.67. The molecule has 0 amide bonds. The zero-order valence-electron chi connectivity index (χ0n) is 9.59. The van der Waals surface area contributed by atoms with Gasteiger partial charge in [0.25, 0.3) is 5.56 Å². The van der Waals surface area contributed by atoms with Gasteiger partial charge >= 0.3 is 0 Å². The Labute approximate surface area is 99.3 Å². The number of hydrogen-bond acceptors (Lipinski definition) is 2. The van der Waals surface area contributed by atoms with Crippen molar-refractivity contribution in [1.82, 2.24) is 4.57 Å². The molecule has 3 nitrogen and oxygen atoms in total. The van der Waals surface area contributed by atoms with Gasteiger partial charge in [-0.05, 0) is 18.6 Å². The monoisotopic (exact) mass is 227 g/mol. The first-order chi connectivity index (χ1) is 8.16. The fourth-order valence-electron chi connectivity index (χ4n) is 1.63. The summed E-state index contributed by atoms with van der Waals surface area (Å²) in [5, 5.41) is 0. The van der Waals surface area contributed by atoms with Gasteiger partial charge in [0.15, 0.2) is 5.78 Å². The molecule has 1 heterocycles. The van der Waals surface area contributed by atoms with Gasteiger partial charge < -0.3 is 4.57 Å². The Hall–Kier alpha value is -2.16. The maximum absolute atomic E-state index is 11.5. The molecule has 0 fully saturated rings. The molecule has 0 aliphatic rings. The summed E-state index contributed by atoms with van der Waals surface area (Å²) in [7, 11) is 0. The van der Waals surface area contributed by atoms with Crippen LogP contribution in [-0.4, -0.2) is 10.4 Å². The third-order valence-electron chi connectivity index (χ3n) is 2.61. The van der Waals surface area contributed by atoms with Gasteiger partial charge in [-0.25, -0.2) is 0 Å². The normalized spacial score (nSPS) is 10.2. The maximum Gasteiger partial charge on any atom is 0.250 e. The van der Waals surface area contributed by atoms with E-state index in [2.05, 4.69) is 0 Å². The Morgan fingerprint density at radius 3 is 2.41 bits per heavy atom. The molecule has 0 unspecified atom stereocenters. The molecule has 1 aromatic carbocycles. The van der Waals surface area contributed by atoms with E-state index in [1.807, 2.05) is 18.2 Å². The highest BCUT2D eigenvalue weighted by molar-refractivity contribution is 5.93. The topological polar surface area (TPSA) is 39.1 Å². The van der Waals surface area contributed by atoms with Gasteiger partial charge in [0.2, 0.25) is 0 Å². The van der Waals surface area contributed by atoms with Gasteiger partial charge in [-0.15, -0.1) is 0 Å². The third kappa shape index (κ3) is 2.69. The van der Waals surface area contributed by atoms with E-state index >= 15 is 0 Å². The highest BCUT2D eigenvalue weighted by atomic mass is 16.1. The number of nitrogens with zero attached hydrogens (tertiary/aromatic N) is 1. The molecule has 17 heavy (non-hydrogen) atoms. The van der Waals surface area contributed by atoms with E-state index < -0.39 is 0 Å². The van der Waals surface area contributed by atoms with E-state index in [4.69, 9.17) is 0 Å². The average molecular weight is 227 g/mol. The van der Waals surface area contributed by atoms with Crippen LogP contribution in [0, 0.1) is 0 Å². The Morgan fingerprint density at radius 2 is 1.82 bits per heavy atom. The van der Waals surface area contributed by atoms with E-state index in [0.29, 0.717) is 12.1 Å². The predicted molar refractivity (Wildman–Crippen MR) is 66.3 cm³/mol. The molecule has 0 N–H and O–H groups in total. The molecule has 0 saturated heterocycles. The Balaban J connectivity index is 2.23. The average Bonchev–Trinajstić information content (AvgIpc) is 2.33. The molecule has 1 aromatic heterocycles. The summed E-state index contributed by atoms with van der Waals surface area (Å²) in [6, 6.07) is 12.4. The Bertz CT molecular complexity index is 582. The smallest absolute Gasteiger partial charge is 0.250 e. The van der Waals surface area contributed by atoms with Crippen molar-refractivity contribution in [3.8, 4) is 0 Å². The van der Waals surface area contributed by atoms with Gasteiger partial charge in [0.05, 0.1) is 6.54 Å². The van der Waals surface area contributed by atoms with Crippen molar-refractivity contribution in [2.75, 3.05) is 0 Å². The number of carbonyl (C=O) groups is 1. The van der Waals surface area contributed by atoms with Crippen LogP contribution in [0.2, 0.25) is 0 Å². The van der Waals surface area contributed by atoms with Crippen LogP contribution in [0.3, 0.4) is 0 Å². The summed E-state index contributed by atoms with van der Waals surface area (Å²) >= 11 is 0. The SMILES string of the molecule is CC(=O)c1ccc(Cn2ccccc2=O)cc1. The van der Waals surface area contributed by atoms with Crippen LogP contribution in [0.25, 0.3) is 0 Å². The van der Waals surface area contributed by atoms with Crippen LogP contribution in [0.1, 0.15) is 22.8 Å². The molecular weight excluding hydrogens is 214 g/mol. The number of ketones is 1. The summed E-state index contributed by atoms with van der Waals surface area (Å²) in [5.74, 6) is 0.0495. The van der Waals surface area contributed by atoms with E-state index in [0.717, 1.165) is 5.56 Å². The van der Waals surface area contributed by atoms with Crippen LogP contribution in [0.5, 0.6) is 0 Å². The number of carbonyl (C=O) groups excluding carboxylic acids is 1. The first kappa shape index (κ1) is 11.3. The molecular formula is C14H13NO2. The zero-order chi connectivity index (χ0) is 12.3. The van der Waals surface area contributed by atoms with Crippen LogP contribution in [-0.2, 0) is 6.54 Å². The number of hydrogen-bond donors (Lipinski definition) is 0. The van der Waals surface area contributed by atoms with Crippen molar-refractivity contribution in [3.63, 3.8) is 0 Å². The number of rotatable bonds is 3. The van der Waals surface area contributed by atoms with Gasteiger partial charge in [-0.2, -0.15) is 0 Å². The fourth-order valence-corrected chi connectivity index (χ4v) is 1.63. The maximum atomic E-state index is 11.5. The lowest BCUT2D eigenvalue weighted by atomic mass is 10.1. The Morgan fingerprint density at radius 1 is 1.12 bits per heavy atom. The van der Waals surface area contributed by atoms with E-state index in [-0.39, 0.29) is 11.3 Å². The van der Waals surface area contributed by atoms with Crippen molar-refractivity contribution in [3.05, 3.63) is 70.1 Å². The molecule has 0 aliphatic heterocycles.